The molecule has 0 unspecified atom stereocenters. The van der Waals surface area contributed by atoms with Gasteiger partial charge in [-0.05, 0) is 31.9 Å². The van der Waals surface area contributed by atoms with Crippen LogP contribution in [0.5, 0.6) is 0 Å². The number of nitrogens with zero attached hydrogens (tertiary/aromatic N) is 2. The monoisotopic (exact) mass is 373 g/mol. The average Bonchev–Trinajstić information content (AvgIpc) is 3.03. The largest absolute Gasteiger partial charge is 0.481 e. The third kappa shape index (κ3) is 3.89. The van der Waals surface area contributed by atoms with Crippen molar-refractivity contribution in [2.75, 3.05) is 0 Å². The number of amides is 1. The average molecular weight is 373 g/mol. The number of aryl methyl sites for hydroxylation is 1. The Hall–Kier alpha value is -3.03. The fourth-order valence-electron chi connectivity index (χ4n) is 3.56. The molecule has 0 aliphatic heterocycles. The molecule has 142 valence electrons. The fourth-order valence-corrected chi connectivity index (χ4v) is 3.56. The molecule has 0 spiro atoms. The van der Waals surface area contributed by atoms with Crippen molar-refractivity contribution < 1.29 is 19.1 Å². The van der Waals surface area contributed by atoms with Crippen molar-refractivity contribution in [2.45, 2.75) is 44.6 Å². The van der Waals surface area contributed by atoms with Gasteiger partial charge in [-0.3, -0.25) is 14.4 Å². The molecular formula is C19H20FN3O4. The van der Waals surface area contributed by atoms with E-state index in [2.05, 4.69) is 10.4 Å². The van der Waals surface area contributed by atoms with E-state index in [1.54, 1.807) is 13.0 Å². The van der Waals surface area contributed by atoms with E-state index in [0.29, 0.717) is 18.5 Å². The Bertz CT molecular complexity index is 948. The van der Waals surface area contributed by atoms with E-state index in [4.69, 9.17) is 5.11 Å². The molecule has 1 fully saturated rings. The Balaban J connectivity index is 1.98. The number of benzene rings is 1. The zero-order valence-electron chi connectivity index (χ0n) is 14.9. The normalized spacial score (nSPS) is 15.5. The zero-order chi connectivity index (χ0) is 19.6. The van der Waals surface area contributed by atoms with E-state index >= 15 is 0 Å². The van der Waals surface area contributed by atoms with Gasteiger partial charge in [-0.2, -0.15) is 5.10 Å². The summed E-state index contributed by atoms with van der Waals surface area (Å²) in [6, 6.07) is 7.11. The molecule has 2 aromatic rings. The molecule has 1 heterocycles. The third-order valence-corrected chi connectivity index (χ3v) is 4.83. The van der Waals surface area contributed by atoms with E-state index in [1.165, 1.54) is 28.9 Å². The molecule has 0 radical (unpaired) electrons. The first-order valence-electron chi connectivity index (χ1n) is 8.71. The van der Waals surface area contributed by atoms with Gasteiger partial charge in [0.25, 0.3) is 5.91 Å². The van der Waals surface area contributed by atoms with Crippen LogP contribution in [0.4, 0.5) is 4.39 Å². The lowest BCUT2D eigenvalue weighted by Crippen LogP contribution is -2.49. The predicted molar refractivity (Wildman–Crippen MR) is 95.4 cm³/mol. The highest BCUT2D eigenvalue weighted by Gasteiger charge is 2.38. The highest BCUT2D eigenvalue weighted by atomic mass is 19.1. The lowest BCUT2D eigenvalue weighted by Gasteiger charge is -2.28. The summed E-state index contributed by atoms with van der Waals surface area (Å²) in [4.78, 5) is 36.2. The van der Waals surface area contributed by atoms with Gasteiger partial charge < -0.3 is 10.4 Å². The molecule has 1 aromatic heterocycles. The van der Waals surface area contributed by atoms with Crippen molar-refractivity contribution in [3.8, 4) is 5.69 Å². The topological polar surface area (TPSA) is 101 Å². The Labute approximate surface area is 154 Å². The van der Waals surface area contributed by atoms with E-state index in [-0.39, 0.29) is 17.8 Å². The number of carbonyl (C=O) groups is 2. The molecule has 27 heavy (non-hydrogen) atoms. The molecule has 0 saturated heterocycles. The number of carboxylic acids is 1. The number of rotatable bonds is 5. The lowest BCUT2D eigenvalue weighted by atomic mass is 9.93. The number of halogens is 1. The van der Waals surface area contributed by atoms with Crippen LogP contribution in [0.25, 0.3) is 5.69 Å². The van der Waals surface area contributed by atoms with Crippen LogP contribution in [-0.4, -0.2) is 32.3 Å². The molecular weight excluding hydrogens is 353 g/mol. The van der Waals surface area contributed by atoms with Gasteiger partial charge in [-0.1, -0.05) is 25.0 Å². The second-order valence-electron chi connectivity index (χ2n) is 6.87. The number of para-hydroxylation sites is 1. The molecule has 1 amide bonds. The minimum atomic E-state index is -1.02. The molecule has 3 rings (SSSR count). The van der Waals surface area contributed by atoms with Gasteiger partial charge in [0, 0.05) is 11.8 Å². The number of aliphatic carboxylic acids is 1. The number of hydrogen-bond donors (Lipinski definition) is 2. The van der Waals surface area contributed by atoms with Crippen molar-refractivity contribution in [3.63, 3.8) is 0 Å². The maximum Gasteiger partial charge on any atom is 0.305 e. The molecule has 0 atom stereocenters. The first kappa shape index (κ1) is 18.8. The van der Waals surface area contributed by atoms with Gasteiger partial charge in [-0.25, -0.2) is 9.07 Å². The van der Waals surface area contributed by atoms with Crippen LogP contribution >= 0.6 is 0 Å². The minimum Gasteiger partial charge on any atom is -0.481 e. The van der Waals surface area contributed by atoms with Crippen LogP contribution in [0.3, 0.4) is 0 Å². The van der Waals surface area contributed by atoms with Gasteiger partial charge in [-0.15, -0.1) is 0 Å². The number of carboxylic acid groups (broad SMARTS) is 1. The Morgan fingerprint density at radius 2 is 1.96 bits per heavy atom. The van der Waals surface area contributed by atoms with Crippen molar-refractivity contribution in [1.82, 2.24) is 15.1 Å². The van der Waals surface area contributed by atoms with Crippen molar-refractivity contribution in [3.05, 3.63) is 57.8 Å². The maximum absolute atomic E-state index is 14.1. The summed E-state index contributed by atoms with van der Waals surface area (Å²) in [5.41, 5.74) is -1.38. The highest BCUT2D eigenvalue weighted by molar-refractivity contribution is 5.93. The van der Waals surface area contributed by atoms with Gasteiger partial charge in [0.1, 0.15) is 11.5 Å². The molecule has 0 bridgehead atoms. The molecule has 7 nitrogen and oxygen atoms in total. The SMILES string of the molecule is Cc1cc(=O)c(C(=O)NC2(CC(=O)O)CCCC2)nn1-c1ccccc1F. The lowest BCUT2D eigenvalue weighted by molar-refractivity contribution is -0.138. The highest BCUT2D eigenvalue weighted by Crippen LogP contribution is 2.32. The zero-order valence-corrected chi connectivity index (χ0v) is 14.9. The molecule has 8 heteroatoms. The summed E-state index contributed by atoms with van der Waals surface area (Å²) in [5.74, 6) is -2.30. The van der Waals surface area contributed by atoms with Crippen LogP contribution < -0.4 is 10.7 Å². The van der Waals surface area contributed by atoms with Crippen molar-refractivity contribution in [1.29, 1.82) is 0 Å². The quantitative estimate of drug-likeness (QED) is 0.837. The summed E-state index contributed by atoms with van der Waals surface area (Å²) >= 11 is 0. The first-order chi connectivity index (χ1) is 12.8. The number of carbonyl (C=O) groups excluding carboxylic acids is 1. The summed E-state index contributed by atoms with van der Waals surface area (Å²) in [6.07, 6.45) is 2.44. The van der Waals surface area contributed by atoms with E-state index in [0.717, 1.165) is 12.8 Å². The minimum absolute atomic E-state index is 0.116. The molecule has 1 saturated carbocycles. The van der Waals surface area contributed by atoms with Crippen LogP contribution in [0.15, 0.2) is 35.1 Å². The van der Waals surface area contributed by atoms with Crippen LogP contribution in [-0.2, 0) is 4.79 Å². The number of nitrogens with one attached hydrogen (secondary N) is 1. The fraction of sp³-hybridized carbons (Fsp3) is 0.368. The Morgan fingerprint density at radius 3 is 2.59 bits per heavy atom. The summed E-state index contributed by atoms with van der Waals surface area (Å²) in [5, 5.41) is 15.9. The van der Waals surface area contributed by atoms with Crippen LogP contribution in [0.2, 0.25) is 0 Å². The first-order valence-corrected chi connectivity index (χ1v) is 8.71. The maximum atomic E-state index is 14.1. The van der Waals surface area contributed by atoms with Crippen LogP contribution in [0, 0.1) is 12.7 Å². The summed E-state index contributed by atoms with van der Waals surface area (Å²) in [7, 11) is 0. The van der Waals surface area contributed by atoms with E-state index in [1.807, 2.05) is 0 Å². The standard InChI is InChI=1S/C19H20FN3O4/c1-12-10-15(24)17(22-23(12)14-7-3-2-6-13(14)20)18(27)21-19(11-16(25)26)8-4-5-9-19/h2-3,6-7,10H,4-5,8-9,11H2,1H3,(H,21,27)(H,25,26). The predicted octanol–water partition coefficient (Wildman–Crippen LogP) is 2.20. The molecule has 1 aromatic carbocycles. The Kier molecular flexibility index (Phi) is 5.07. The molecule has 1 aliphatic rings. The van der Waals surface area contributed by atoms with E-state index in [9.17, 15) is 18.8 Å². The second kappa shape index (κ2) is 7.30. The smallest absolute Gasteiger partial charge is 0.305 e. The third-order valence-electron chi connectivity index (χ3n) is 4.83. The van der Waals surface area contributed by atoms with E-state index < -0.39 is 28.7 Å². The number of aromatic nitrogens is 2. The summed E-state index contributed by atoms with van der Waals surface area (Å²) in [6.45, 7) is 1.59. The van der Waals surface area contributed by atoms with Gasteiger partial charge >= 0.3 is 5.97 Å². The second-order valence-corrected chi connectivity index (χ2v) is 6.87. The summed E-state index contributed by atoms with van der Waals surface area (Å²) < 4.78 is 15.3. The molecule has 1 aliphatic carbocycles. The molecule has 2 N–H and O–H groups in total. The van der Waals surface area contributed by atoms with Gasteiger partial charge in [0.05, 0.1) is 12.0 Å². The van der Waals surface area contributed by atoms with Crippen molar-refractivity contribution in [2.24, 2.45) is 0 Å². The van der Waals surface area contributed by atoms with Gasteiger partial charge in [0.2, 0.25) is 5.43 Å². The van der Waals surface area contributed by atoms with Crippen LogP contribution in [0.1, 0.15) is 48.3 Å². The number of hydrogen-bond acceptors (Lipinski definition) is 4. The Morgan fingerprint density at radius 1 is 1.30 bits per heavy atom. The van der Waals surface area contributed by atoms with Crippen molar-refractivity contribution >= 4 is 11.9 Å². The van der Waals surface area contributed by atoms with Gasteiger partial charge in [0.15, 0.2) is 5.69 Å².